The quantitative estimate of drug-likeness (QED) is 0.695. The molecule has 23 heavy (non-hydrogen) atoms. The van der Waals surface area contributed by atoms with Crippen molar-refractivity contribution >= 4 is 0 Å². The van der Waals surface area contributed by atoms with E-state index in [0.29, 0.717) is 24.6 Å². The van der Waals surface area contributed by atoms with Crippen molar-refractivity contribution in [3.8, 4) is 29.0 Å². The minimum absolute atomic E-state index is 0.226. The highest BCUT2D eigenvalue weighted by molar-refractivity contribution is 5.58. The molecule has 0 amide bonds. The molecule has 116 valence electrons. The van der Waals surface area contributed by atoms with E-state index in [0.717, 1.165) is 11.5 Å². The highest BCUT2D eigenvalue weighted by Crippen LogP contribution is 2.22. The van der Waals surface area contributed by atoms with E-state index in [1.54, 1.807) is 30.2 Å². The molecule has 0 saturated carbocycles. The monoisotopic (exact) mass is 310 g/mol. The highest BCUT2D eigenvalue weighted by atomic mass is 16.5. The van der Waals surface area contributed by atoms with Gasteiger partial charge in [-0.3, -0.25) is 0 Å². The molecule has 7 heteroatoms. The van der Waals surface area contributed by atoms with Gasteiger partial charge in [0.1, 0.15) is 29.9 Å². The predicted molar refractivity (Wildman–Crippen MR) is 80.9 cm³/mol. The van der Waals surface area contributed by atoms with Crippen LogP contribution in [0.15, 0.2) is 47.1 Å². The van der Waals surface area contributed by atoms with Crippen LogP contribution in [0.3, 0.4) is 0 Å². The van der Waals surface area contributed by atoms with E-state index in [-0.39, 0.29) is 5.69 Å². The Morgan fingerprint density at radius 3 is 2.65 bits per heavy atom. The largest absolute Gasteiger partial charge is 0.497 e. The summed E-state index contributed by atoms with van der Waals surface area (Å²) in [5.41, 5.74) is 0.778. The third-order valence-electron chi connectivity index (χ3n) is 3.23. The average molecular weight is 310 g/mol. The number of ether oxygens (including phenoxy) is 2. The first-order valence-electron chi connectivity index (χ1n) is 6.96. The second kappa shape index (κ2) is 6.66. The number of benzene rings is 1. The first-order valence-corrected chi connectivity index (χ1v) is 6.96. The van der Waals surface area contributed by atoms with Crippen LogP contribution in [-0.2, 0) is 6.54 Å². The summed E-state index contributed by atoms with van der Waals surface area (Å²) in [4.78, 5) is 0. The maximum atomic E-state index is 9.13. The van der Waals surface area contributed by atoms with Gasteiger partial charge in [-0.05, 0) is 36.4 Å². The minimum Gasteiger partial charge on any atom is -0.497 e. The number of methoxy groups -OCH3 is 1. The summed E-state index contributed by atoms with van der Waals surface area (Å²) >= 11 is 0. The van der Waals surface area contributed by atoms with Crippen LogP contribution in [0.25, 0.3) is 11.5 Å². The molecule has 0 unspecified atom stereocenters. The van der Waals surface area contributed by atoms with Gasteiger partial charge in [-0.15, -0.1) is 5.10 Å². The topological polar surface area (TPSA) is 86.1 Å². The van der Waals surface area contributed by atoms with Crippen molar-refractivity contribution in [2.24, 2.45) is 0 Å². The van der Waals surface area contributed by atoms with Crippen molar-refractivity contribution < 1.29 is 13.9 Å². The lowest BCUT2D eigenvalue weighted by Crippen LogP contribution is -2.11. The summed E-state index contributed by atoms with van der Waals surface area (Å²) in [5, 5.41) is 17.0. The molecule has 1 aromatic carbocycles. The number of hydrogen-bond donors (Lipinski definition) is 0. The van der Waals surface area contributed by atoms with Crippen LogP contribution in [0.1, 0.15) is 5.69 Å². The molecule has 0 N–H and O–H groups in total. The Bertz CT molecular complexity index is 801. The lowest BCUT2D eigenvalue weighted by molar-refractivity contribution is 0.289. The summed E-state index contributed by atoms with van der Waals surface area (Å²) in [6, 6.07) is 12.8. The van der Waals surface area contributed by atoms with E-state index in [1.165, 1.54) is 0 Å². The van der Waals surface area contributed by atoms with Crippen molar-refractivity contribution in [1.82, 2.24) is 15.0 Å². The standard InChI is InChI=1S/C16H14N4O3/c1-21-12-4-6-13(7-5-12)22-10-8-20-16(14(11-17)18-19-20)15-3-2-9-23-15/h2-7,9H,8,10H2,1H3. The zero-order chi connectivity index (χ0) is 16.1. The predicted octanol–water partition coefficient (Wildman–Crippen LogP) is 2.50. The molecule has 0 fully saturated rings. The number of aromatic nitrogens is 3. The van der Waals surface area contributed by atoms with Crippen molar-refractivity contribution in [2.45, 2.75) is 6.54 Å². The second-order valence-electron chi connectivity index (χ2n) is 4.62. The number of hydrogen-bond acceptors (Lipinski definition) is 6. The van der Waals surface area contributed by atoms with Gasteiger partial charge in [0.2, 0.25) is 0 Å². The van der Waals surface area contributed by atoms with Gasteiger partial charge in [-0.1, -0.05) is 5.21 Å². The van der Waals surface area contributed by atoms with Gasteiger partial charge in [0.15, 0.2) is 11.5 Å². The number of furan rings is 1. The summed E-state index contributed by atoms with van der Waals surface area (Å²) in [5.74, 6) is 2.05. The summed E-state index contributed by atoms with van der Waals surface area (Å²) in [6.07, 6.45) is 1.54. The Balaban J connectivity index is 1.69. The fraction of sp³-hybridized carbons (Fsp3) is 0.188. The molecule has 3 rings (SSSR count). The maximum Gasteiger partial charge on any atom is 0.193 e. The molecule has 0 aliphatic carbocycles. The maximum absolute atomic E-state index is 9.13. The lowest BCUT2D eigenvalue weighted by atomic mass is 10.2. The summed E-state index contributed by atoms with van der Waals surface area (Å²) in [6.45, 7) is 0.824. The van der Waals surface area contributed by atoms with Gasteiger partial charge in [-0.2, -0.15) is 5.26 Å². The first kappa shape index (κ1) is 14.7. The van der Waals surface area contributed by atoms with Crippen LogP contribution in [0.4, 0.5) is 0 Å². The van der Waals surface area contributed by atoms with Gasteiger partial charge in [-0.25, -0.2) is 4.68 Å². The Labute approximate surface area is 132 Å². The van der Waals surface area contributed by atoms with Crippen molar-refractivity contribution in [3.63, 3.8) is 0 Å². The normalized spacial score (nSPS) is 10.3. The van der Waals surface area contributed by atoms with E-state index >= 15 is 0 Å². The Hall–Kier alpha value is -3.27. The third kappa shape index (κ3) is 3.16. The fourth-order valence-corrected chi connectivity index (χ4v) is 2.12. The van der Waals surface area contributed by atoms with E-state index in [2.05, 4.69) is 10.3 Å². The lowest BCUT2D eigenvalue weighted by Gasteiger charge is -2.08. The average Bonchev–Trinajstić information content (AvgIpc) is 3.24. The molecule has 0 aliphatic rings. The molecule has 0 saturated heterocycles. The molecule has 0 atom stereocenters. The third-order valence-corrected chi connectivity index (χ3v) is 3.23. The molecule has 2 heterocycles. The van der Waals surface area contributed by atoms with E-state index in [1.807, 2.05) is 30.3 Å². The van der Waals surface area contributed by atoms with Crippen LogP contribution < -0.4 is 9.47 Å². The van der Waals surface area contributed by atoms with Gasteiger partial charge in [0.25, 0.3) is 0 Å². The van der Waals surface area contributed by atoms with Crippen LogP contribution >= 0.6 is 0 Å². The molecule has 0 aliphatic heterocycles. The zero-order valence-electron chi connectivity index (χ0n) is 12.5. The molecule has 0 spiro atoms. The smallest absolute Gasteiger partial charge is 0.193 e. The van der Waals surface area contributed by atoms with Crippen LogP contribution in [0.2, 0.25) is 0 Å². The molecule has 2 aromatic heterocycles. The van der Waals surface area contributed by atoms with Crippen LogP contribution in [0.5, 0.6) is 11.5 Å². The Morgan fingerprint density at radius 1 is 1.22 bits per heavy atom. The van der Waals surface area contributed by atoms with Gasteiger partial charge in [0.05, 0.1) is 19.9 Å². The molecular formula is C16H14N4O3. The number of rotatable bonds is 6. The number of nitriles is 1. The minimum atomic E-state index is 0.226. The van der Waals surface area contributed by atoms with Gasteiger partial charge < -0.3 is 13.9 Å². The number of nitrogens with zero attached hydrogens (tertiary/aromatic N) is 4. The first-order chi connectivity index (χ1) is 11.3. The van der Waals surface area contributed by atoms with E-state index in [9.17, 15) is 0 Å². The molecule has 0 bridgehead atoms. The second-order valence-corrected chi connectivity index (χ2v) is 4.62. The van der Waals surface area contributed by atoms with Gasteiger partial charge in [0, 0.05) is 0 Å². The highest BCUT2D eigenvalue weighted by Gasteiger charge is 2.16. The summed E-state index contributed by atoms with van der Waals surface area (Å²) < 4.78 is 17.7. The van der Waals surface area contributed by atoms with Crippen molar-refractivity contribution in [1.29, 1.82) is 5.26 Å². The van der Waals surface area contributed by atoms with Crippen molar-refractivity contribution in [2.75, 3.05) is 13.7 Å². The van der Waals surface area contributed by atoms with Crippen molar-refractivity contribution in [3.05, 3.63) is 48.4 Å². The van der Waals surface area contributed by atoms with Gasteiger partial charge >= 0.3 is 0 Å². The molecule has 7 nitrogen and oxygen atoms in total. The van der Waals surface area contributed by atoms with Crippen LogP contribution in [-0.4, -0.2) is 28.7 Å². The Morgan fingerprint density at radius 2 is 2.00 bits per heavy atom. The Kier molecular flexibility index (Phi) is 4.25. The van der Waals surface area contributed by atoms with E-state index in [4.69, 9.17) is 19.2 Å². The SMILES string of the molecule is COc1ccc(OCCn2nnc(C#N)c2-c2ccco2)cc1. The molecular weight excluding hydrogens is 296 g/mol. The fourth-order valence-electron chi connectivity index (χ4n) is 2.12. The zero-order valence-corrected chi connectivity index (χ0v) is 12.5. The van der Waals surface area contributed by atoms with E-state index < -0.39 is 0 Å². The van der Waals surface area contributed by atoms with Crippen LogP contribution in [0, 0.1) is 11.3 Å². The molecule has 0 radical (unpaired) electrons. The summed E-state index contributed by atoms with van der Waals surface area (Å²) in [7, 11) is 1.61. The molecule has 3 aromatic rings.